The zero-order valence-corrected chi connectivity index (χ0v) is 9.48. The van der Waals surface area contributed by atoms with Crippen LogP contribution in [0.25, 0.3) is 0 Å². The van der Waals surface area contributed by atoms with Gasteiger partial charge in [0.2, 0.25) is 0 Å². The van der Waals surface area contributed by atoms with Crippen molar-refractivity contribution in [1.82, 2.24) is 0 Å². The Morgan fingerprint density at radius 1 is 1.44 bits per heavy atom. The number of ether oxygens (including phenoxy) is 1. The van der Waals surface area contributed by atoms with Crippen LogP contribution in [0.2, 0.25) is 0 Å². The SMILES string of the molecule is C/C(=C\C1CCC(=O)O1)Cc1ccccc1. The number of cyclic esters (lactones) is 1. The van der Waals surface area contributed by atoms with E-state index in [0.29, 0.717) is 6.42 Å². The number of hydrogen-bond acceptors (Lipinski definition) is 2. The quantitative estimate of drug-likeness (QED) is 0.573. The highest BCUT2D eigenvalue weighted by Crippen LogP contribution is 2.17. The predicted molar refractivity (Wildman–Crippen MR) is 63.0 cm³/mol. The molecule has 1 unspecified atom stereocenters. The molecule has 0 spiro atoms. The lowest BCUT2D eigenvalue weighted by molar-refractivity contribution is -0.140. The topological polar surface area (TPSA) is 26.3 Å². The number of esters is 1. The second kappa shape index (κ2) is 4.97. The van der Waals surface area contributed by atoms with Crippen molar-refractivity contribution in [1.29, 1.82) is 0 Å². The van der Waals surface area contributed by atoms with E-state index in [9.17, 15) is 4.79 Å². The lowest BCUT2D eigenvalue weighted by atomic mass is 10.0. The summed E-state index contributed by atoms with van der Waals surface area (Å²) in [6.45, 7) is 2.08. The van der Waals surface area contributed by atoms with E-state index >= 15 is 0 Å². The monoisotopic (exact) mass is 216 g/mol. The van der Waals surface area contributed by atoms with Gasteiger partial charge in [0.05, 0.1) is 0 Å². The molecule has 1 aromatic rings. The molecule has 0 N–H and O–H groups in total. The fourth-order valence-electron chi connectivity index (χ4n) is 1.96. The molecule has 1 aliphatic rings. The zero-order valence-electron chi connectivity index (χ0n) is 9.48. The van der Waals surface area contributed by atoms with E-state index in [-0.39, 0.29) is 12.1 Å². The molecule has 0 amide bonds. The molecule has 0 aliphatic carbocycles. The lowest BCUT2D eigenvalue weighted by Gasteiger charge is -2.06. The van der Waals surface area contributed by atoms with E-state index in [2.05, 4.69) is 25.1 Å². The average Bonchev–Trinajstić information content (AvgIpc) is 2.65. The highest BCUT2D eigenvalue weighted by molar-refractivity contribution is 5.71. The van der Waals surface area contributed by atoms with Crippen molar-refractivity contribution in [2.45, 2.75) is 32.3 Å². The maximum Gasteiger partial charge on any atom is 0.306 e. The lowest BCUT2D eigenvalue weighted by Crippen LogP contribution is -2.04. The molecular formula is C14H16O2. The number of carbonyl (C=O) groups excluding carboxylic acids is 1. The second-order valence-electron chi connectivity index (χ2n) is 4.24. The first-order valence-corrected chi connectivity index (χ1v) is 5.65. The molecule has 0 radical (unpaired) electrons. The second-order valence-corrected chi connectivity index (χ2v) is 4.24. The molecule has 1 atom stereocenters. The molecule has 0 saturated carbocycles. The van der Waals surface area contributed by atoms with Crippen molar-refractivity contribution in [3.8, 4) is 0 Å². The van der Waals surface area contributed by atoms with Crippen LogP contribution in [0.5, 0.6) is 0 Å². The largest absolute Gasteiger partial charge is 0.458 e. The molecule has 1 aliphatic heterocycles. The van der Waals surface area contributed by atoms with E-state index in [1.165, 1.54) is 11.1 Å². The van der Waals surface area contributed by atoms with Crippen LogP contribution in [-0.2, 0) is 16.0 Å². The Kier molecular flexibility index (Phi) is 3.40. The summed E-state index contributed by atoms with van der Waals surface area (Å²) in [5.41, 5.74) is 2.55. The van der Waals surface area contributed by atoms with Crippen molar-refractivity contribution in [3.05, 3.63) is 47.5 Å². The van der Waals surface area contributed by atoms with Crippen molar-refractivity contribution in [2.75, 3.05) is 0 Å². The van der Waals surface area contributed by atoms with E-state index in [4.69, 9.17) is 4.74 Å². The van der Waals surface area contributed by atoms with Gasteiger partial charge < -0.3 is 4.74 Å². The molecule has 1 saturated heterocycles. The minimum Gasteiger partial charge on any atom is -0.458 e. The molecule has 0 aromatic heterocycles. The van der Waals surface area contributed by atoms with Crippen LogP contribution in [0.15, 0.2) is 42.0 Å². The third kappa shape index (κ3) is 2.96. The molecule has 1 fully saturated rings. The number of carbonyl (C=O) groups is 1. The highest BCUT2D eigenvalue weighted by Gasteiger charge is 2.20. The number of rotatable bonds is 3. The Morgan fingerprint density at radius 3 is 2.81 bits per heavy atom. The summed E-state index contributed by atoms with van der Waals surface area (Å²) in [5, 5.41) is 0. The van der Waals surface area contributed by atoms with Gasteiger partial charge in [0.25, 0.3) is 0 Å². The van der Waals surface area contributed by atoms with Crippen LogP contribution in [0.3, 0.4) is 0 Å². The normalized spacial score (nSPS) is 20.9. The molecule has 2 nitrogen and oxygen atoms in total. The van der Waals surface area contributed by atoms with Crippen LogP contribution >= 0.6 is 0 Å². The van der Waals surface area contributed by atoms with Gasteiger partial charge in [-0.3, -0.25) is 4.79 Å². The third-order valence-electron chi connectivity index (χ3n) is 2.71. The van der Waals surface area contributed by atoms with E-state index in [1.807, 2.05) is 18.2 Å². The summed E-state index contributed by atoms with van der Waals surface area (Å²) in [7, 11) is 0. The minimum absolute atomic E-state index is 0.00351. The van der Waals surface area contributed by atoms with Crippen LogP contribution in [0, 0.1) is 0 Å². The minimum atomic E-state index is -0.0752. The van der Waals surface area contributed by atoms with Gasteiger partial charge in [-0.15, -0.1) is 0 Å². The van der Waals surface area contributed by atoms with Gasteiger partial charge in [-0.05, 0) is 31.4 Å². The molecule has 0 bridgehead atoms. The van der Waals surface area contributed by atoms with Crippen molar-refractivity contribution < 1.29 is 9.53 Å². The summed E-state index contributed by atoms with van der Waals surface area (Å²) in [5.74, 6) is -0.0752. The van der Waals surface area contributed by atoms with Crippen LogP contribution < -0.4 is 0 Å². The molecule has 1 aromatic carbocycles. The van der Waals surface area contributed by atoms with Gasteiger partial charge in [0.15, 0.2) is 0 Å². The Hall–Kier alpha value is -1.57. The van der Waals surface area contributed by atoms with E-state index in [1.54, 1.807) is 0 Å². The molecule has 2 rings (SSSR count). The standard InChI is InChI=1S/C14H16O2/c1-11(9-12-5-3-2-4-6-12)10-13-7-8-14(15)16-13/h2-6,10,13H,7-9H2,1H3/b11-10+. The Labute approximate surface area is 95.9 Å². The van der Waals surface area contributed by atoms with Gasteiger partial charge in [-0.25, -0.2) is 0 Å². The van der Waals surface area contributed by atoms with Crippen molar-refractivity contribution in [2.24, 2.45) is 0 Å². The molecule has 16 heavy (non-hydrogen) atoms. The summed E-state index contributed by atoms with van der Waals surface area (Å²) in [6, 6.07) is 10.3. The molecule has 84 valence electrons. The summed E-state index contributed by atoms with van der Waals surface area (Å²) in [6.07, 6.45) is 4.37. The fourth-order valence-corrected chi connectivity index (χ4v) is 1.96. The smallest absolute Gasteiger partial charge is 0.306 e. The Balaban J connectivity index is 1.95. The Morgan fingerprint density at radius 2 is 2.19 bits per heavy atom. The first-order valence-electron chi connectivity index (χ1n) is 5.65. The van der Waals surface area contributed by atoms with Gasteiger partial charge in [0.1, 0.15) is 6.10 Å². The number of benzene rings is 1. The summed E-state index contributed by atoms with van der Waals surface area (Å²) in [4.78, 5) is 10.9. The zero-order chi connectivity index (χ0) is 11.4. The van der Waals surface area contributed by atoms with Crippen LogP contribution in [0.1, 0.15) is 25.3 Å². The molecule has 2 heteroatoms. The van der Waals surface area contributed by atoms with Crippen LogP contribution in [-0.4, -0.2) is 12.1 Å². The van der Waals surface area contributed by atoms with E-state index < -0.39 is 0 Å². The maximum absolute atomic E-state index is 10.9. The summed E-state index contributed by atoms with van der Waals surface area (Å²) < 4.78 is 5.15. The van der Waals surface area contributed by atoms with Crippen LogP contribution in [0.4, 0.5) is 0 Å². The van der Waals surface area contributed by atoms with Gasteiger partial charge in [-0.2, -0.15) is 0 Å². The first-order chi connectivity index (χ1) is 7.74. The van der Waals surface area contributed by atoms with Crippen molar-refractivity contribution in [3.63, 3.8) is 0 Å². The summed E-state index contributed by atoms with van der Waals surface area (Å²) >= 11 is 0. The maximum atomic E-state index is 10.9. The van der Waals surface area contributed by atoms with Gasteiger partial charge >= 0.3 is 5.97 Å². The average molecular weight is 216 g/mol. The first kappa shape index (κ1) is 10.9. The van der Waals surface area contributed by atoms with Gasteiger partial charge in [0, 0.05) is 6.42 Å². The number of hydrogen-bond donors (Lipinski definition) is 0. The highest BCUT2D eigenvalue weighted by atomic mass is 16.5. The van der Waals surface area contributed by atoms with Gasteiger partial charge in [-0.1, -0.05) is 35.9 Å². The predicted octanol–water partition coefficient (Wildman–Crippen LogP) is 2.88. The number of allylic oxidation sites excluding steroid dienone is 1. The van der Waals surface area contributed by atoms with Crippen molar-refractivity contribution >= 4 is 5.97 Å². The van der Waals surface area contributed by atoms with E-state index in [0.717, 1.165) is 12.8 Å². The third-order valence-corrected chi connectivity index (χ3v) is 2.71. The molecule has 1 heterocycles. The molecular weight excluding hydrogens is 200 g/mol. The fraction of sp³-hybridized carbons (Fsp3) is 0.357. The Bertz CT molecular complexity index is 392.